The predicted molar refractivity (Wildman–Crippen MR) is 127 cm³/mol. The van der Waals surface area contributed by atoms with Crippen LogP contribution < -0.4 is 9.62 Å². The highest BCUT2D eigenvalue weighted by atomic mass is 32.2. The van der Waals surface area contributed by atoms with Crippen molar-refractivity contribution in [2.45, 2.75) is 31.3 Å². The van der Waals surface area contributed by atoms with Gasteiger partial charge in [-0.25, -0.2) is 23.2 Å². The van der Waals surface area contributed by atoms with E-state index < -0.39 is 15.6 Å². The third-order valence-electron chi connectivity index (χ3n) is 5.07. The van der Waals surface area contributed by atoms with Crippen LogP contribution in [0.3, 0.4) is 0 Å². The van der Waals surface area contributed by atoms with E-state index in [1.165, 1.54) is 12.1 Å². The lowest BCUT2D eigenvalue weighted by atomic mass is 10.2. The zero-order valence-corrected chi connectivity index (χ0v) is 19.7. The van der Waals surface area contributed by atoms with Gasteiger partial charge < -0.3 is 14.5 Å². The number of para-hydroxylation sites is 2. The molecule has 3 aromatic rings. The summed E-state index contributed by atoms with van der Waals surface area (Å²) >= 11 is 0. The number of anilines is 2. The molecule has 1 aromatic heterocycles. The molecule has 0 spiro atoms. The summed E-state index contributed by atoms with van der Waals surface area (Å²) in [5, 5.41) is 0. The maximum Gasteiger partial charge on any atom is 0.410 e. The van der Waals surface area contributed by atoms with Crippen molar-refractivity contribution in [2.75, 3.05) is 35.8 Å². The minimum absolute atomic E-state index is 0.139. The molecule has 1 fully saturated rings. The van der Waals surface area contributed by atoms with Gasteiger partial charge in [0.25, 0.3) is 10.0 Å². The number of hydrogen-bond donors (Lipinski definition) is 1. The van der Waals surface area contributed by atoms with Gasteiger partial charge in [-0.2, -0.15) is 0 Å². The number of ether oxygens (including phenoxy) is 1. The van der Waals surface area contributed by atoms with E-state index in [1.54, 1.807) is 29.2 Å². The number of carbonyl (C=O) groups is 1. The van der Waals surface area contributed by atoms with Gasteiger partial charge in [0.1, 0.15) is 5.60 Å². The first-order valence-corrected chi connectivity index (χ1v) is 12.2. The Labute approximate surface area is 193 Å². The van der Waals surface area contributed by atoms with E-state index in [2.05, 4.69) is 9.71 Å². The Morgan fingerprint density at radius 2 is 1.48 bits per heavy atom. The summed E-state index contributed by atoms with van der Waals surface area (Å²) < 4.78 is 34.0. The second kappa shape index (κ2) is 8.86. The highest BCUT2D eigenvalue weighted by Gasteiger charge is 2.29. The molecule has 1 N–H and O–H groups in total. The quantitative estimate of drug-likeness (QED) is 0.624. The standard InChI is InChI=1S/C23H27N5O4S/c1-23(2,3)32-22(29)28-15-13-27(14-16-28)21-20(24-18-11-7-8-12-19(18)25-21)26-33(30,31)17-9-5-4-6-10-17/h4-12H,13-16H2,1-3H3,(H,24,26). The minimum Gasteiger partial charge on any atom is -0.444 e. The van der Waals surface area contributed by atoms with Crippen molar-refractivity contribution in [3.8, 4) is 0 Å². The van der Waals surface area contributed by atoms with E-state index in [4.69, 9.17) is 9.72 Å². The van der Waals surface area contributed by atoms with Crippen LogP contribution in [0.2, 0.25) is 0 Å². The molecule has 4 rings (SSSR count). The number of carbonyl (C=O) groups excluding carboxylic acids is 1. The lowest BCUT2D eigenvalue weighted by Crippen LogP contribution is -2.50. The molecule has 0 bridgehead atoms. The number of hydrogen-bond acceptors (Lipinski definition) is 7. The predicted octanol–water partition coefficient (Wildman–Crippen LogP) is 3.49. The van der Waals surface area contributed by atoms with Crippen molar-refractivity contribution in [3.63, 3.8) is 0 Å². The van der Waals surface area contributed by atoms with Crippen LogP contribution in [0.15, 0.2) is 59.5 Å². The van der Waals surface area contributed by atoms with Crippen molar-refractivity contribution < 1.29 is 17.9 Å². The Hall–Kier alpha value is -3.40. The molecule has 33 heavy (non-hydrogen) atoms. The van der Waals surface area contributed by atoms with Gasteiger partial charge in [0.2, 0.25) is 0 Å². The second-order valence-corrected chi connectivity index (χ2v) is 10.4. The first-order valence-electron chi connectivity index (χ1n) is 10.7. The van der Waals surface area contributed by atoms with E-state index in [1.807, 2.05) is 43.9 Å². The first-order chi connectivity index (χ1) is 15.6. The van der Waals surface area contributed by atoms with Crippen LogP contribution >= 0.6 is 0 Å². The number of piperazine rings is 1. The van der Waals surface area contributed by atoms with Crippen molar-refractivity contribution in [3.05, 3.63) is 54.6 Å². The van der Waals surface area contributed by atoms with Gasteiger partial charge in [-0.15, -0.1) is 0 Å². The van der Waals surface area contributed by atoms with Crippen LogP contribution in [0.5, 0.6) is 0 Å². The molecule has 1 amide bonds. The topological polar surface area (TPSA) is 105 Å². The summed E-state index contributed by atoms with van der Waals surface area (Å²) in [6.07, 6.45) is -0.364. The van der Waals surface area contributed by atoms with Gasteiger partial charge in [-0.05, 0) is 45.0 Å². The molecule has 2 aromatic carbocycles. The van der Waals surface area contributed by atoms with Gasteiger partial charge >= 0.3 is 6.09 Å². The molecular weight excluding hydrogens is 442 g/mol. The molecule has 1 aliphatic rings. The third-order valence-corrected chi connectivity index (χ3v) is 6.42. The smallest absolute Gasteiger partial charge is 0.410 e. The number of sulfonamides is 1. The molecule has 9 nitrogen and oxygen atoms in total. The van der Waals surface area contributed by atoms with E-state index >= 15 is 0 Å². The molecule has 10 heteroatoms. The molecule has 0 unspecified atom stereocenters. The fourth-order valence-electron chi connectivity index (χ4n) is 3.49. The normalized spacial score (nSPS) is 14.9. The Bertz CT molecular complexity index is 1250. The van der Waals surface area contributed by atoms with Crippen LogP contribution in [0.1, 0.15) is 20.8 Å². The number of benzene rings is 2. The average Bonchev–Trinajstić information content (AvgIpc) is 2.78. The molecule has 0 radical (unpaired) electrons. The summed E-state index contributed by atoms with van der Waals surface area (Å²) in [6, 6.07) is 15.4. The molecule has 2 heterocycles. The largest absolute Gasteiger partial charge is 0.444 e. The van der Waals surface area contributed by atoms with Crippen molar-refractivity contribution in [1.29, 1.82) is 0 Å². The number of aromatic nitrogens is 2. The zero-order valence-electron chi connectivity index (χ0n) is 18.9. The van der Waals surface area contributed by atoms with E-state index in [0.29, 0.717) is 43.0 Å². The van der Waals surface area contributed by atoms with Crippen LogP contribution in [0.25, 0.3) is 11.0 Å². The van der Waals surface area contributed by atoms with Crippen molar-refractivity contribution in [2.24, 2.45) is 0 Å². The number of nitrogens with one attached hydrogen (secondary N) is 1. The third kappa shape index (κ3) is 5.33. The SMILES string of the molecule is CC(C)(C)OC(=O)N1CCN(c2nc3ccccc3nc2NS(=O)(=O)c2ccccc2)CC1. The summed E-state index contributed by atoms with van der Waals surface area (Å²) in [5.74, 6) is 0.584. The highest BCUT2D eigenvalue weighted by molar-refractivity contribution is 7.92. The fraction of sp³-hybridized carbons (Fsp3) is 0.348. The Kier molecular flexibility index (Phi) is 6.11. The van der Waals surface area contributed by atoms with Crippen LogP contribution in [-0.4, -0.2) is 61.2 Å². The van der Waals surface area contributed by atoms with Gasteiger partial charge in [-0.1, -0.05) is 30.3 Å². The van der Waals surface area contributed by atoms with Crippen molar-refractivity contribution in [1.82, 2.24) is 14.9 Å². The lowest BCUT2D eigenvalue weighted by molar-refractivity contribution is 0.0240. The van der Waals surface area contributed by atoms with Crippen LogP contribution in [0.4, 0.5) is 16.4 Å². The maximum atomic E-state index is 13.0. The first kappa shape index (κ1) is 22.8. The van der Waals surface area contributed by atoms with E-state index in [-0.39, 0.29) is 16.8 Å². The summed E-state index contributed by atoms with van der Waals surface area (Å²) in [6.45, 7) is 7.27. The average molecular weight is 470 g/mol. The van der Waals surface area contributed by atoms with Gasteiger partial charge in [0.05, 0.1) is 15.9 Å². The zero-order chi connectivity index (χ0) is 23.6. The molecule has 0 aliphatic carbocycles. The fourth-order valence-corrected chi connectivity index (χ4v) is 4.52. The summed E-state index contributed by atoms with van der Waals surface area (Å²) in [5.41, 5.74) is 0.671. The van der Waals surface area contributed by atoms with Crippen LogP contribution in [-0.2, 0) is 14.8 Å². The van der Waals surface area contributed by atoms with Gasteiger partial charge in [0.15, 0.2) is 11.6 Å². The number of rotatable bonds is 4. The van der Waals surface area contributed by atoms with Gasteiger partial charge in [-0.3, -0.25) is 4.72 Å². The monoisotopic (exact) mass is 469 g/mol. The van der Waals surface area contributed by atoms with Crippen LogP contribution in [0, 0.1) is 0 Å². The Morgan fingerprint density at radius 3 is 2.09 bits per heavy atom. The molecule has 1 saturated heterocycles. The lowest BCUT2D eigenvalue weighted by Gasteiger charge is -2.36. The second-order valence-electron chi connectivity index (χ2n) is 8.76. The summed E-state index contributed by atoms with van der Waals surface area (Å²) in [7, 11) is -3.85. The molecular formula is C23H27N5O4S. The Balaban J connectivity index is 1.62. The minimum atomic E-state index is -3.85. The molecule has 174 valence electrons. The number of fused-ring (bicyclic) bond motifs is 1. The van der Waals surface area contributed by atoms with Gasteiger partial charge in [0, 0.05) is 26.2 Å². The summed E-state index contributed by atoms with van der Waals surface area (Å²) in [4.78, 5) is 25.4. The van der Waals surface area contributed by atoms with E-state index in [9.17, 15) is 13.2 Å². The number of nitrogens with zero attached hydrogens (tertiary/aromatic N) is 4. The molecule has 1 aliphatic heterocycles. The van der Waals surface area contributed by atoms with Crippen molar-refractivity contribution >= 4 is 38.8 Å². The van der Waals surface area contributed by atoms with E-state index in [0.717, 1.165) is 0 Å². The maximum absolute atomic E-state index is 13.0. The molecule has 0 saturated carbocycles. The highest BCUT2D eigenvalue weighted by Crippen LogP contribution is 2.28. The number of amides is 1. The Morgan fingerprint density at radius 1 is 0.909 bits per heavy atom. The molecule has 0 atom stereocenters.